The quantitative estimate of drug-likeness (QED) is 0.841. The van der Waals surface area contributed by atoms with Gasteiger partial charge in [0.2, 0.25) is 0 Å². The van der Waals surface area contributed by atoms with Gasteiger partial charge in [0.1, 0.15) is 9.88 Å². The van der Waals surface area contributed by atoms with Crippen molar-refractivity contribution >= 4 is 22.9 Å². The van der Waals surface area contributed by atoms with E-state index in [-0.39, 0.29) is 0 Å². The van der Waals surface area contributed by atoms with Gasteiger partial charge in [-0.3, -0.25) is 0 Å². The van der Waals surface area contributed by atoms with Crippen LogP contribution in [0.3, 0.4) is 0 Å². The number of hydrogen-bond acceptors (Lipinski definition) is 7. The monoisotopic (exact) mass is 227 g/mol. The lowest BCUT2D eigenvalue weighted by molar-refractivity contribution is 0.913. The SMILES string of the molecule is Cc1nnsc1-c1nnc(CCN)s1. The first-order valence-electron chi connectivity index (χ1n) is 4.13. The lowest BCUT2D eigenvalue weighted by Gasteiger charge is -1.87. The smallest absolute Gasteiger partial charge is 0.161 e. The second kappa shape index (κ2) is 4.07. The molecular formula is C7H9N5S2. The Balaban J connectivity index is 2.29. The van der Waals surface area contributed by atoms with Gasteiger partial charge in [-0.05, 0) is 25.0 Å². The molecule has 0 aliphatic heterocycles. The van der Waals surface area contributed by atoms with Crippen molar-refractivity contribution in [1.82, 2.24) is 19.8 Å². The molecule has 5 nitrogen and oxygen atoms in total. The molecule has 2 aromatic rings. The molecule has 2 heterocycles. The van der Waals surface area contributed by atoms with Gasteiger partial charge in [-0.1, -0.05) is 15.8 Å². The molecule has 2 rings (SSSR count). The molecule has 0 bridgehead atoms. The molecule has 7 heteroatoms. The van der Waals surface area contributed by atoms with Crippen molar-refractivity contribution in [2.75, 3.05) is 6.54 Å². The maximum atomic E-state index is 5.44. The van der Waals surface area contributed by atoms with Gasteiger partial charge in [0, 0.05) is 6.42 Å². The second-order valence-corrected chi connectivity index (χ2v) is 4.54. The average Bonchev–Trinajstić information content (AvgIpc) is 2.74. The topological polar surface area (TPSA) is 77.6 Å². The first-order valence-corrected chi connectivity index (χ1v) is 5.72. The molecule has 0 atom stereocenters. The zero-order valence-corrected chi connectivity index (χ0v) is 9.23. The van der Waals surface area contributed by atoms with Gasteiger partial charge in [0.25, 0.3) is 0 Å². The Bertz CT molecular complexity index is 421. The van der Waals surface area contributed by atoms with Crippen LogP contribution in [0.25, 0.3) is 9.88 Å². The van der Waals surface area contributed by atoms with Crippen LogP contribution in [-0.4, -0.2) is 26.3 Å². The first kappa shape index (κ1) is 9.63. The van der Waals surface area contributed by atoms with Gasteiger partial charge in [-0.25, -0.2) is 0 Å². The zero-order valence-electron chi connectivity index (χ0n) is 7.60. The molecule has 0 saturated carbocycles. The molecule has 0 aromatic carbocycles. The summed E-state index contributed by atoms with van der Waals surface area (Å²) in [4.78, 5) is 1.01. The van der Waals surface area contributed by atoms with Crippen LogP contribution in [0.4, 0.5) is 0 Å². The van der Waals surface area contributed by atoms with Gasteiger partial charge in [-0.15, -0.1) is 15.3 Å². The second-order valence-electron chi connectivity index (χ2n) is 2.73. The third-order valence-electron chi connectivity index (χ3n) is 1.67. The molecule has 2 N–H and O–H groups in total. The van der Waals surface area contributed by atoms with E-state index in [1.807, 2.05) is 6.92 Å². The predicted octanol–water partition coefficient (Wildman–Crippen LogP) is 0.866. The number of hydrogen-bond donors (Lipinski definition) is 1. The highest BCUT2D eigenvalue weighted by Gasteiger charge is 2.11. The minimum absolute atomic E-state index is 0.606. The van der Waals surface area contributed by atoms with E-state index in [2.05, 4.69) is 19.8 Å². The fourth-order valence-electron chi connectivity index (χ4n) is 0.998. The molecule has 0 fully saturated rings. The van der Waals surface area contributed by atoms with Crippen molar-refractivity contribution in [2.45, 2.75) is 13.3 Å². The number of nitrogens with two attached hydrogens (primary N) is 1. The van der Waals surface area contributed by atoms with Gasteiger partial charge >= 0.3 is 0 Å². The molecule has 0 unspecified atom stereocenters. The summed E-state index contributed by atoms with van der Waals surface area (Å²) in [5, 5.41) is 13.9. The average molecular weight is 227 g/mol. The Labute approximate surface area is 89.2 Å². The van der Waals surface area contributed by atoms with Crippen molar-refractivity contribution < 1.29 is 0 Å². The van der Waals surface area contributed by atoms with Gasteiger partial charge < -0.3 is 5.73 Å². The fraction of sp³-hybridized carbons (Fsp3) is 0.429. The van der Waals surface area contributed by atoms with Crippen LogP contribution in [0, 0.1) is 6.92 Å². The summed E-state index contributed by atoms with van der Waals surface area (Å²) in [6.45, 7) is 2.53. The van der Waals surface area contributed by atoms with Crippen LogP contribution < -0.4 is 5.73 Å². The van der Waals surface area contributed by atoms with E-state index in [0.717, 1.165) is 27.0 Å². The Hall–Kier alpha value is -0.920. The van der Waals surface area contributed by atoms with E-state index >= 15 is 0 Å². The Morgan fingerprint density at radius 1 is 1.29 bits per heavy atom. The van der Waals surface area contributed by atoms with Gasteiger partial charge in [0.15, 0.2) is 5.01 Å². The molecule has 0 radical (unpaired) electrons. The summed E-state index contributed by atoms with van der Waals surface area (Å²) in [6, 6.07) is 0. The number of rotatable bonds is 3. The standard InChI is InChI=1S/C7H9N5S2/c1-4-6(14-12-9-4)7-11-10-5(13-7)2-3-8/h2-3,8H2,1H3. The maximum Gasteiger partial charge on any atom is 0.161 e. The fourth-order valence-corrected chi connectivity index (χ4v) is 2.62. The van der Waals surface area contributed by atoms with E-state index in [1.54, 1.807) is 11.3 Å². The summed E-state index contributed by atoms with van der Waals surface area (Å²) >= 11 is 2.91. The molecule has 14 heavy (non-hydrogen) atoms. The van der Waals surface area contributed by atoms with Crippen LogP contribution >= 0.6 is 22.9 Å². The normalized spacial score (nSPS) is 10.7. The Morgan fingerprint density at radius 2 is 2.14 bits per heavy atom. The summed E-state index contributed by atoms with van der Waals surface area (Å²) in [6.07, 6.45) is 0.781. The van der Waals surface area contributed by atoms with Crippen molar-refractivity contribution in [1.29, 1.82) is 0 Å². The highest BCUT2D eigenvalue weighted by molar-refractivity contribution is 7.19. The largest absolute Gasteiger partial charge is 0.330 e. The third kappa shape index (κ3) is 1.79. The molecule has 0 amide bonds. The van der Waals surface area contributed by atoms with Crippen molar-refractivity contribution in [2.24, 2.45) is 5.73 Å². The minimum atomic E-state index is 0.606. The molecule has 0 saturated heterocycles. The summed E-state index contributed by atoms with van der Waals surface area (Å²) in [5.41, 5.74) is 6.34. The summed E-state index contributed by atoms with van der Waals surface area (Å²) < 4.78 is 3.86. The van der Waals surface area contributed by atoms with Crippen LogP contribution in [0.2, 0.25) is 0 Å². The van der Waals surface area contributed by atoms with Crippen molar-refractivity contribution in [3.05, 3.63) is 10.7 Å². The van der Waals surface area contributed by atoms with Crippen LogP contribution in [0.1, 0.15) is 10.7 Å². The lowest BCUT2D eigenvalue weighted by atomic mass is 10.4. The van der Waals surface area contributed by atoms with E-state index in [1.165, 1.54) is 11.5 Å². The van der Waals surface area contributed by atoms with E-state index in [0.29, 0.717) is 6.54 Å². The Morgan fingerprint density at radius 3 is 2.79 bits per heavy atom. The number of nitrogens with zero attached hydrogens (tertiary/aromatic N) is 4. The highest BCUT2D eigenvalue weighted by atomic mass is 32.1. The van der Waals surface area contributed by atoms with Crippen LogP contribution in [0.15, 0.2) is 0 Å². The molecule has 2 aromatic heterocycles. The third-order valence-corrected chi connectivity index (χ3v) is 3.64. The van der Waals surface area contributed by atoms with Gasteiger partial charge in [-0.2, -0.15) is 0 Å². The minimum Gasteiger partial charge on any atom is -0.330 e. The van der Waals surface area contributed by atoms with Gasteiger partial charge in [0.05, 0.1) is 5.69 Å². The number of aromatic nitrogens is 4. The van der Waals surface area contributed by atoms with Crippen molar-refractivity contribution in [3.8, 4) is 9.88 Å². The van der Waals surface area contributed by atoms with E-state index in [4.69, 9.17) is 5.73 Å². The van der Waals surface area contributed by atoms with E-state index < -0.39 is 0 Å². The maximum absolute atomic E-state index is 5.44. The Kier molecular flexibility index (Phi) is 2.80. The molecule has 0 spiro atoms. The molecule has 74 valence electrons. The number of aryl methyl sites for hydroxylation is 1. The van der Waals surface area contributed by atoms with Crippen LogP contribution in [0.5, 0.6) is 0 Å². The van der Waals surface area contributed by atoms with E-state index in [9.17, 15) is 0 Å². The zero-order chi connectivity index (χ0) is 9.97. The molecular weight excluding hydrogens is 218 g/mol. The summed E-state index contributed by atoms with van der Waals surface area (Å²) in [7, 11) is 0. The molecule has 0 aliphatic carbocycles. The predicted molar refractivity (Wildman–Crippen MR) is 56.3 cm³/mol. The first-order chi connectivity index (χ1) is 6.81. The van der Waals surface area contributed by atoms with Crippen molar-refractivity contribution in [3.63, 3.8) is 0 Å². The summed E-state index contributed by atoms with van der Waals surface area (Å²) in [5.74, 6) is 0. The van der Waals surface area contributed by atoms with Crippen LogP contribution in [-0.2, 0) is 6.42 Å². The lowest BCUT2D eigenvalue weighted by Crippen LogP contribution is -2.01. The molecule has 0 aliphatic rings. The highest BCUT2D eigenvalue weighted by Crippen LogP contribution is 2.28.